The molecule has 2 rings (SSSR count). The summed E-state index contributed by atoms with van der Waals surface area (Å²) in [6, 6.07) is 3.99. The van der Waals surface area contributed by atoms with E-state index in [0.717, 1.165) is 6.07 Å². The minimum Gasteiger partial charge on any atom is -0.465 e. The molecule has 0 N–H and O–H groups in total. The third kappa shape index (κ3) is 3.65. The van der Waals surface area contributed by atoms with Crippen LogP contribution in [0.5, 0.6) is 0 Å². The Bertz CT molecular complexity index is 620. The van der Waals surface area contributed by atoms with E-state index in [1.165, 1.54) is 42.8 Å². The van der Waals surface area contributed by atoms with Crippen LogP contribution in [-0.4, -0.2) is 36.4 Å². The normalized spacial score (nSPS) is 17.7. The van der Waals surface area contributed by atoms with Crippen LogP contribution in [0.3, 0.4) is 0 Å². The van der Waals surface area contributed by atoms with Crippen molar-refractivity contribution in [3.05, 3.63) is 29.6 Å². The van der Waals surface area contributed by atoms with E-state index in [0.29, 0.717) is 24.4 Å². The zero-order chi connectivity index (χ0) is 16.3. The Hall–Kier alpha value is -1.89. The summed E-state index contributed by atoms with van der Waals surface area (Å²) < 4.78 is 18.4. The Morgan fingerprint density at radius 2 is 2.18 bits per heavy atom. The number of carbonyl (C=O) groups is 3. The quantitative estimate of drug-likeness (QED) is 0.795. The fourth-order valence-electron chi connectivity index (χ4n) is 2.33. The first-order valence-electron chi connectivity index (χ1n) is 6.74. The molecule has 22 heavy (non-hydrogen) atoms. The first kappa shape index (κ1) is 16.5. The molecule has 1 amide bonds. The van der Waals surface area contributed by atoms with Crippen LogP contribution in [0.2, 0.25) is 0 Å². The fourth-order valence-corrected chi connectivity index (χ4v) is 3.02. The summed E-state index contributed by atoms with van der Waals surface area (Å²) in [5.41, 5.74) is 0.243. The van der Waals surface area contributed by atoms with Gasteiger partial charge in [-0.2, -0.15) is 0 Å². The Kier molecular flexibility index (Phi) is 5.18. The maximum Gasteiger partial charge on any atom is 0.340 e. The Labute approximate surface area is 131 Å². The van der Waals surface area contributed by atoms with Gasteiger partial charge in [0.1, 0.15) is 5.82 Å². The minimum atomic E-state index is -0.757. The maximum atomic E-state index is 13.9. The van der Waals surface area contributed by atoms with E-state index >= 15 is 0 Å². The summed E-state index contributed by atoms with van der Waals surface area (Å²) >= 11 is 1.19. The van der Waals surface area contributed by atoms with Crippen molar-refractivity contribution in [3.8, 4) is 0 Å². The van der Waals surface area contributed by atoms with Crippen LogP contribution in [-0.2, 0) is 14.3 Å². The number of nitrogens with zero attached hydrogens (tertiary/aromatic N) is 1. The third-order valence-electron chi connectivity index (χ3n) is 3.40. The highest BCUT2D eigenvalue weighted by atomic mass is 32.2. The van der Waals surface area contributed by atoms with Crippen molar-refractivity contribution in [1.29, 1.82) is 0 Å². The van der Waals surface area contributed by atoms with E-state index in [-0.39, 0.29) is 22.5 Å². The summed E-state index contributed by atoms with van der Waals surface area (Å²) in [6.45, 7) is 1.93. The summed E-state index contributed by atoms with van der Waals surface area (Å²) in [6.07, 6.45) is 0.334. The van der Waals surface area contributed by atoms with Crippen molar-refractivity contribution < 1.29 is 23.5 Å². The average Bonchev–Trinajstić information content (AvgIpc) is 2.85. The third-order valence-corrected chi connectivity index (χ3v) is 4.44. The van der Waals surface area contributed by atoms with Crippen molar-refractivity contribution in [3.63, 3.8) is 0 Å². The number of anilines is 1. The second-order valence-electron chi connectivity index (χ2n) is 5.03. The summed E-state index contributed by atoms with van der Waals surface area (Å²) in [7, 11) is 1.18. The lowest BCUT2D eigenvalue weighted by molar-refractivity contribution is -0.117. The molecule has 118 valence electrons. The molecule has 0 spiro atoms. The van der Waals surface area contributed by atoms with Crippen LogP contribution >= 0.6 is 11.8 Å². The lowest BCUT2D eigenvalue weighted by Gasteiger charge is -2.17. The Balaban J connectivity index is 2.12. The second kappa shape index (κ2) is 6.91. The molecule has 1 fully saturated rings. The molecule has 1 aromatic rings. The number of ether oxygens (including phenoxy) is 1. The lowest BCUT2D eigenvalue weighted by atomic mass is 10.1. The number of benzene rings is 1. The molecule has 1 unspecified atom stereocenters. The van der Waals surface area contributed by atoms with Crippen molar-refractivity contribution >= 4 is 34.4 Å². The number of hydrogen-bond acceptors (Lipinski definition) is 5. The van der Waals surface area contributed by atoms with Gasteiger partial charge < -0.3 is 9.64 Å². The molecule has 0 aliphatic carbocycles. The zero-order valence-corrected chi connectivity index (χ0v) is 13.1. The summed E-state index contributed by atoms with van der Waals surface area (Å²) in [5, 5.41) is 0.0133. The fraction of sp³-hybridized carbons (Fsp3) is 0.400. The van der Waals surface area contributed by atoms with Gasteiger partial charge in [0, 0.05) is 31.3 Å². The minimum absolute atomic E-state index is 0.0133. The summed E-state index contributed by atoms with van der Waals surface area (Å²) in [5.74, 6) is -0.962. The van der Waals surface area contributed by atoms with Gasteiger partial charge in [0.2, 0.25) is 5.91 Å². The van der Waals surface area contributed by atoms with Gasteiger partial charge in [0.15, 0.2) is 5.12 Å². The first-order valence-corrected chi connectivity index (χ1v) is 7.72. The molecule has 0 saturated carbocycles. The van der Waals surface area contributed by atoms with Crippen LogP contribution in [0.4, 0.5) is 10.1 Å². The van der Waals surface area contributed by atoms with Crippen LogP contribution in [0.15, 0.2) is 18.2 Å². The molecule has 1 heterocycles. The molecular formula is C15H16FNO4S. The van der Waals surface area contributed by atoms with E-state index in [4.69, 9.17) is 0 Å². The number of methoxy groups -OCH3 is 1. The highest BCUT2D eigenvalue weighted by Gasteiger charge is 2.31. The molecule has 1 aromatic carbocycles. The Morgan fingerprint density at radius 1 is 1.45 bits per heavy atom. The lowest BCUT2D eigenvalue weighted by Crippen LogP contribution is -2.25. The molecule has 0 bridgehead atoms. The average molecular weight is 325 g/mol. The highest BCUT2D eigenvalue weighted by Crippen LogP contribution is 2.28. The Morgan fingerprint density at radius 3 is 2.77 bits per heavy atom. The molecule has 1 saturated heterocycles. The van der Waals surface area contributed by atoms with Crippen LogP contribution in [0.1, 0.15) is 23.7 Å². The molecule has 0 radical (unpaired) electrons. The molecule has 1 aliphatic heterocycles. The van der Waals surface area contributed by atoms with Gasteiger partial charge in [-0.3, -0.25) is 9.59 Å². The van der Waals surface area contributed by atoms with Gasteiger partial charge in [-0.05, 0) is 24.1 Å². The van der Waals surface area contributed by atoms with Gasteiger partial charge in [-0.1, -0.05) is 11.8 Å². The highest BCUT2D eigenvalue weighted by molar-refractivity contribution is 8.13. The van der Waals surface area contributed by atoms with Crippen LogP contribution < -0.4 is 4.90 Å². The van der Waals surface area contributed by atoms with E-state index in [1.807, 2.05) is 0 Å². The number of carbonyl (C=O) groups excluding carboxylic acids is 3. The molecule has 0 aromatic heterocycles. The number of esters is 1. The van der Waals surface area contributed by atoms with E-state index < -0.39 is 11.8 Å². The number of thioether (sulfide) groups is 1. The topological polar surface area (TPSA) is 63.7 Å². The van der Waals surface area contributed by atoms with Gasteiger partial charge in [-0.25, -0.2) is 9.18 Å². The summed E-state index contributed by atoms with van der Waals surface area (Å²) in [4.78, 5) is 35.8. The van der Waals surface area contributed by atoms with Gasteiger partial charge in [0.25, 0.3) is 0 Å². The zero-order valence-electron chi connectivity index (χ0n) is 12.3. The molecular weight excluding hydrogens is 309 g/mol. The van der Waals surface area contributed by atoms with Gasteiger partial charge >= 0.3 is 5.97 Å². The number of hydrogen-bond donors (Lipinski definition) is 0. The number of rotatable bonds is 4. The molecule has 1 aliphatic rings. The SMILES string of the molecule is COC(=O)c1ccc(N2CC(CSC(C)=O)CC2=O)cc1F. The predicted octanol–water partition coefficient (Wildman–Crippen LogP) is 2.24. The van der Waals surface area contributed by atoms with E-state index in [1.54, 1.807) is 0 Å². The largest absolute Gasteiger partial charge is 0.465 e. The number of amides is 1. The van der Waals surface area contributed by atoms with Crippen molar-refractivity contribution in [1.82, 2.24) is 0 Å². The monoisotopic (exact) mass is 325 g/mol. The molecule has 5 nitrogen and oxygen atoms in total. The number of halogens is 1. The smallest absolute Gasteiger partial charge is 0.340 e. The van der Waals surface area contributed by atoms with E-state index in [9.17, 15) is 18.8 Å². The van der Waals surface area contributed by atoms with Crippen LogP contribution in [0, 0.1) is 11.7 Å². The maximum absolute atomic E-state index is 13.9. The van der Waals surface area contributed by atoms with Crippen molar-refractivity contribution in [2.45, 2.75) is 13.3 Å². The molecule has 7 heteroatoms. The first-order chi connectivity index (χ1) is 10.4. The van der Waals surface area contributed by atoms with E-state index in [2.05, 4.69) is 4.74 Å². The van der Waals surface area contributed by atoms with Gasteiger partial charge in [-0.15, -0.1) is 0 Å². The molecule has 1 atom stereocenters. The van der Waals surface area contributed by atoms with Crippen molar-refractivity contribution in [2.24, 2.45) is 5.92 Å². The van der Waals surface area contributed by atoms with Gasteiger partial charge in [0.05, 0.1) is 12.7 Å². The standard InChI is InChI=1S/C15H16FNO4S/c1-9(18)22-8-10-5-14(19)17(7-10)11-3-4-12(13(16)6-11)15(20)21-2/h3-4,6,10H,5,7-8H2,1-2H3. The predicted molar refractivity (Wildman–Crippen MR) is 81.3 cm³/mol. The van der Waals surface area contributed by atoms with Crippen LogP contribution in [0.25, 0.3) is 0 Å². The van der Waals surface area contributed by atoms with Crippen molar-refractivity contribution in [2.75, 3.05) is 24.3 Å². The second-order valence-corrected chi connectivity index (χ2v) is 6.23.